The Kier molecular flexibility index (Phi) is 3.84. The molecule has 2 unspecified atom stereocenters. The van der Waals surface area contributed by atoms with Crippen molar-refractivity contribution in [3.63, 3.8) is 0 Å². The van der Waals surface area contributed by atoms with Crippen molar-refractivity contribution in [1.82, 2.24) is 5.32 Å². The van der Waals surface area contributed by atoms with E-state index in [0.717, 1.165) is 5.69 Å². The highest BCUT2D eigenvalue weighted by Crippen LogP contribution is 2.23. The summed E-state index contributed by atoms with van der Waals surface area (Å²) in [5, 5.41) is 12.3. The minimum atomic E-state index is -0.528. The first kappa shape index (κ1) is 12.9. The van der Waals surface area contributed by atoms with E-state index in [4.69, 9.17) is 4.74 Å². The number of ether oxygens (including phenoxy) is 1. The standard InChI is InChI=1S/C13H18N2O3/c1-9-7-15(13(17)12(8-16)14-9)10-4-3-5-11(6-10)18-2/h3-6,9,12,14,16H,7-8H2,1-2H3. The van der Waals surface area contributed by atoms with Gasteiger partial charge in [-0.15, -0.1) is 0 Å². The van der Waals surface area contributed by atoms with E-state index >= 15 is 0 Å². The number of hydrogen-bond acceptors (Lipinski definition) is 4. The van der Waals surface area contributed by atoms with Crippen molar-refractivity contribution in [2.75, 3.05) is 25.2 Å². The Bertz CT molecular complexity index is 436. The lowest BCUT2D eigenvalue weighted by atomic mass is 10.1. The average Bonchev–Trinajstić information content (AvgIpc) is 2.41. The third kappa shape index (κ3) is 2.47. The van der Waals surface area contributed by atoms with Crippen molar-refractivity contribution in [3.05, 3.63) is 24.3 Å². The Morgan fingerprint density at radius 2 is 2.33 bits per heavy atom. The number of carbonyl (C=O) groups is 1. The molecule has 0 spiro atoms. The summed E-state index contributed by atoms with van der Waals surface area (Å²) < 4.78 is 5.16. The van der Waals surface area contributed by atoms with Gasteiger partial charge in [0.15, 0.2) is 0 Å². The van der Waals surface area contributed by atoms with Crippen molar-refractivity contribution in [2.45, 2.75) is 19.0 Å². The van der Waals surface area contributed by atoms with Crippen molar-refractivity contribution in [3.8, 4) is 5.75 Å². The number of hydrogen-bond donors (Lipinski definition) is 2. The molecule has 1 heterocycles. The normalized spacial score (nSPS) is 24.2. The highest BCUT2D eigenvalue weighted by atomic mass is 16.5. The summed E-state index contributed by atoms with van der Waals surface area (Å²) in [4.78, 5) is 13.8. The van der Waals surface area contributed by atoms with Crippen LogP contribution < -0.4 is 15.0 Å². The number of methoxy groups -OCH3 is 1. The number of aliphatic hydroxyl groups excluding tert-OH is 1. The third-order valence-corrected chi connectivity index (χ3v) is 3.05. The topological polar surface area (TPSA) is 61.8 Å². The quantitative estimate of drug-likeness (QED) is 0.814. The first-order chi connectivity index (χ1) is 8.65. The highest BCUT2D eigenvalue weighted by molar-refractivity contribution is 5.98. The SMILES string of the molecule is COc1cccc(N2CC(C)NC(CO)C2=O)c1. The first-order valence-corrected chi connectivity index (χ1v) is 5.98. The van der Waals surface area contributed by atoms with E-state index in [-0.39, 0.29) is 18.6 Å². The molecule has 0 radical (unpaired) electrons. The van der Waals surface area contributed by atoms with E-state index in [9.17, 15) is 9.90 Å². The van der Waals surface area contributed by atoms with Crippen LogP contribution >= 0.6 is 0 Å². The van der Waals surface area contributed by atoms with Crippen LogP contribution in [0.25, 0.3) is 0 Å². The van der Waals surface area contributed by atoms with Gasteiger partial charge < -0.3 is 14.7 Å². The van der Waals surface area contributed by atoms with Crippen molar-refractivity contribution in [2.24, 2.45) is 0 Å². The van der Waals surface area contributed by atoms with E-state index in [1.807, 2.05) is 31.2 Å². The van der Waals surface area contributed by atoms with Gasteiger partial charge in [0.25, 0.3) is 0 Å². The van der Waals surface area contributed by atoms with Crippen molar-refractivity contribution in [1.29, 1.82) is 0 Å². The molecule has 2 atom stereocenters. The zero-order valence-corrected chi connectivity index (χ0v) is 10.6. The summed E-state index contributed by atoms with van der Waals surface area (Å²) in [5.74, 6) is 0.607. The minimum Gasteiger partial charge on any atom is -0.497 e. The summed E-state index contributed by atoms with van der Waals surface area (Å²) >= 11 is 0. The summed E-state index contributed by atoms with van der Waals surface area (Å²) in [7, 11) is 1.60. The van der Waals surface area contributed by atoms with Gasteiger partial charge in [-0.05, 0) is 19.1 Å². The van der Waals surface area contributed by atoms with Crippen LogP contribution in [0.4, 0.5) is 5.69 Å². The molecule has 1 aliphatic heterocycles. The van der Waals surface area contributed by atoms with Crippen molar-refractivity contribution < 1.29 is 14.6 Å². The fraction of sp³-hybridized carbons (Fsp3) is 0.462. The largest absolute Gasteiger partial charge is 0.497 e. The molecule has 1 saturated heterocycles. The zero-order chi connectivity index (χ0) is 13.1. The molecule has 1 aromatic rings. The van der Waals surface area contributed by atoms with E-state index in [2.05, 4.69) is 5.32 Å². The van der Waals surface area contributed by atoms with Crippen LogP contribution in [0.3, 0.4) is 0 Å². The summed E-state index contributed by atoms with van der Waals surface area (Å²) in [6, 6.07) is 6.99. The molecule has 0 bridgehead atoms. The first-order valence-electron chi connectivity index (χ1n) is 5.98. The molecule has 0 aromatic heterocycles. The Hall–Kier alpha value is -1.59. The van der Waals surface area contributed by atoms with Gasteiger partial charge in [0.05, 0.1) is 13.7 Å². The third-order valence-electron chi connectivity index (χ3n) is 3.05. The Labute approximate surface area is 106 Å². The van der Waals surface area contributed by atoms with Crippen molar-refractivity contribution >= 4 is 11.6 Å². The summed E-state index contributed by atoms with van der Waals surface area (Å²) in [6.07, 6.45) is 0. The summed E-state index contributed by atoms with van der Waals surface area (Å²) in [5.41, 5.74) is 0.797. The number of amides is 1. The van der Waals surface area contributed by atoms with E-state index < -0.39 is 6.04 Å². The molecule has 1 fully saturated rings. The number of nitrogens with one attached hydrogen (secondary N) is 1. The number of benzene rings is 1. The Morgan fingerprint density at radius 3 is 3.00 bits per heavy atom. The van der Waals surface area contributed by atoms with Crippen LogP contribution in [0.15, 0.2) is 24.3 Å². The second kappa shape index (κ2) is 5.37. The maximum atomic E-state index is 12.2. The second-order valence-electron chi connectivity index (χ2n) is 4.45. The molecule has 18 heavy (non-hydrogen) atoms. The van der Waals surface area contributed by atoms with E-state index in [1.54, 1.807) is 12.0 Å². The number of rotatable bonds is 3. The van der Waals surface area contributed by atoms with Crippen LogP contribution in [-0.4, -0.2) is 43.4 Å². The maximum Gasteiger partial charge on any atom is 0.246 e. The van der Waals surface area contributed by atoms with Gasteiger partial charge in [0, 0.05) is 24.3 Å². The number of piperazine rings is 1. The number of aliphatic hydroxyl groups is 1. The average molecular weight is 250 g/mol. The monoisotopic (exact) mass is 250 g/mol. The predicted molar refractivity (Wildman–Crippen MR) is 68.8 cm³/mol. The molecule has 5 heteroatoms. The molecule has 1 aromatic carbocycles. The van der Waals surface area contributed by atoms with Crippen LogP contribution in [0.2, 0.25) is 0 Å². The van der Waals surface area contributed by atoms with Crippen LogP contribution in [-0.2, 0) is 4.79 Å². The fourth-order valence-corrected chi connectivity index (χ4v) is 2.16. The minimum absolute atomic E-state index is 0.108. The van der Waals surface area contributed by atoms with Crippen LogP contribution in [0.5, 0.6) is 5.75 Å². The number of anilines is 1. The van der Waals surface area contributed by atoms with Gasteiger partial charge in [-0.1, -0.05) is 6.07 Å². The van der Waals surface area contributed by atoms with Crippen LogP contribution in [0, 0.1) is 0 Å². The molecule has 2 rings (SSSR count). The van der Waals surface area contributed by atoms with E-state index in [1.165, 1.54) is 0 Å². The second-order valence-corrected chi connectivity index (χ2v) is 4.45. The highest BCUT2D eigenvalue weighted by Gasteiger charge is 2.32. The molecular weight excluding hydrogens is 232 g/mol. The van der Waals surface area contributed by atoms with E-state index in [0.29, 0.717) is 12.3 Å². The predicted octanol–water partition coefficient (Wildman–Crippen LogP) is 0.381. The number of nitrogens with zero attached hydrogens (tertiary/aromatic N) is 1. The molecule has 2 N–H and O–H groups in total. The van der Waals surface area contributed by atoms with Crippen LogP contribution in [0.1, 0.15) is 6.92 Å². The molecule has 1 aliphatic rings. The zero-order valence-electron chi connectivity index (χ0n) is 10.6. The molecular formula is C13H18N2O3. The lowest BCUT2D eigenvalue weighted by Crippen LogP contribution is -2.60. The van der Waals surface area contributed by atoms with Gasteiger partial charge in [-0.25, -0.2) is 0 Å². The van der Waals surface area contributed by atoms with Gasteiger partial charge in [-0.2, -0.15) is 0 Å². The van der Waals surface area contributed by atoms with Gasteiger partial charge in [0.1, 0.15) is 11.8 Å². The fourth-order valence-electron chi connectivity index (χ4n) is 2.16. The summed E-state index contributed by atoms with van der Waals surface area (Å²) in [6.45, 7) is 2.38. The lowest BCUT2D eigenvalue weighted by Gasteiger charge is -2.36. The molecule has 0 aliphatic carbocycles. The Morgan fingerprint density at radius 1 is 1.56 bits per heavy atom. The Balaban J connectivity index is 2.27. The van der Waals surface area contributed by atoms with Gasteiger partial charge in [-0.3, -0.25) is 10.1 Å². The number of carbonyl (C=O) groups excluding carboxylic acids is 1. The molecule has 98 valence electrons. The molecule has 5 nitrogen and oxygen atoms in total. The smallest absolute Gasteiger partial charge is 0.246 e. The lowest BCUT2D eigenvalue weighted by molar-refractivity contribution is -0.123. The molecule has 0 saturated carbocycles. The molecule has 1 amide bonds. The van der Waals surface area contributed by atoms with Gasteiger partial charge in [0.2, 0.25) is 5.91 Å². The van der Waals surface area contributed by atoms with Gasteiger partial charge >= 0.3 is 0 Å². The maximum absolute atomic E-state index is 12.2.